The summed E-state index contributed by atoms with van der Waals surface area (Å²) in [6.45, 7) is 6.30. The Kier molecular flexibility index (Phi) is 6.35. The van der Waals surface area contributed by atoms with E-state index in [2.05, 4.69) is 13.8 Å². The SMILES string of the molecule is CCC.CCc1ccc(F)cc1. The van der Waals surface area contributed by atoms with Crippen LogP contribution in [0.3, 0.4) is 0 Å². The van der Waals surface area contributed by atoms with Crippen LogP contribution in [0, 0.1) is 5.82 Å². The Morgan fingerprint density at radius 2 is 1.42 bits per heavy atom. The van der Waals surface area contributed by atoms with Gasteiger partial charge in [0, 0.05) is 0 Å². The van der Waals surface area contributed by atoms with Gasteiger partial charge in [-0.05, 0) is 24.1 Å². The van der Waals surface area contributed by atoms with E-state index >= 15 is 0 Å². The van der Waals surface area contributed by atoms with Gasteiger partial charge >= 0.3 is 0 Å². The number of halogens is 1. The number of rotatable bonds is 1. The minimum atomic E-state index is -0.160. The Hall–Kier alpha value is -0.850. The fraction of sp³-hybridized carbons (Fsp3) is 0.455. The summed E-state index contributed by atoms with van der Waals surface area (Å²) in [7, 11) is 0. The predicted octanol–water partition coefficient (Wildman–Crippen LogP) is 3.80. The van der Waals surface area contributed by atoms with Crippen LogP contribution in [-0.2, 0) is 6.42 Å². The number of aryl methyl sites for hydroxylation is 1. The quantitative estimate of drug-likeness (QED) is 0.598. The first-order valence-corrected chi connectivity index (χ1v) is 4.49. The zero-order valence-electron chi connectivity index (χ0n) is 8.10. The van der Waals surface area contributed by atoms with Crippen molar-refractivity contribution in [2.45, 2.75) is 33.6 Å². The van der Waals surface area contributed by atoms with Crippen molar-refractivity contribution >= 4 is 0 Å². The van der Waals surface area contributed by atoms with Crippen molar-refractivity contribution in [3.63, 3.8) is 0 Å². The molecule has 0 radical (unpaired) electrons. The first-order chi connectivity index (χ1) is 5.74. The summed E-state index contributed by atoms with van der Waals surface area (Å²) in [4.78, 5) is 0. The van der Waals surface area contributed by atoms with Gasteiger partial charge in [0.15, 0.2) is 0 Å². The molecule has 0 bridgehead atoms. The van der Waals surface area contributed by atoms with E-state index in [0.717, 1.165) is 6.42 Å². The molecule has 12 heavy (non-hydrogen) atoms. The van der Waals surface area contributed by atoms with Crippen molar-refractivity contribution in [1.82, 2.24) is 0 Å². The van der Waals surface area contributed by atoms with E-state index < -0.39 is 0 Å². The second-order valence-corrected chi connectivity index (χ2v) is 2.69. The van der Waals surface area contributed by atoms with Crippen LogP contribution in [0.4, 0.5) is 4.39 Å². The van der Waals surface area contributed by atoms with Crippen molar-refractivity contribution in [2.75, 3.05) is 0 Å². The van der Waals surface area contributed by atoms with Gasteiger partial charge in [0.25, 0.3) is 0 Å². The van der Waals surface area contributed by atoms with Crippen LogP contribution in [0.2, 0.25) is 0 Å². The fourth-order valence-electron chi connectivity index (χ4n) is 0.720. The molecular weight excluding hydrogens is 151 g/mol. The maximum absolute atomic E-state index is 12.2. The van der Waals surface area contributed by atoms with Gasteiger partial charge in [0.05, 0.1) is 0 Å². The van der Waals surface area contributed by atoms with Gasteiger partial charge in [-0.1, -0.05) is 39.3 Å². The lowest BCUT2D eigenvalue weighted by Gasteiger charge is -1.92. The first kappa shape index (κ1) is 11.2. The maximum atomic E-state index is 12.2. The predicted molar refractivity (Wildman–Crippen MR) is 51.7 cm³/mol. The molecule has 0 aliphatic carbocycles. The molecule has 0 saturated heterocycles. The summed E-state index contributed by atoms with van der Waals surface area (Å²) in [5.74, 6) is -0.160. The molecule has 0 amide bonds. The fourth-order valence-corrected chi connectivity index (χ4v) is 0.720. The molecular formula is C11H17F. The normalized spacial score (nSPS) is 8.67. The van der Waals surface area contributed by atoms with Crippen molar-refractivity contribution in [3.8, 4) is 0 Å². The Bertz CT molecular complexity index is 189. The van der Waals surface area contributed by atoms with Crippen LogP contribution < -0.4 is 0 Å². The molecule has 0 nitrogen and oxygen atoms in total. The van der Waals surface area contributed by atoms with Crippen LogP contribution in [0.25, 0.3) is 0 Å². The highest BCUT2D eigenvalue weighted by Gasteiger charge is 1.87. The molecule has 1 aromatic carbocycles. The summed E-state index contributed by atoms with van der Waals surface area (Å²) >= 11 is 0. The lowest BCUT2D eigenvalue weighted by Crippen LogP contribution is -1.78. The highest BCUT2D eigenvalue weighted by molar-refractivity contribution is 5.15. The molecule has 0 saturated carbocycles. The second-order valence-electron chi connectivity index (χ2n) is 2.69. The number of benzene rings is 1. The molecule has 0 heterocycles. The molecule has 0 fully saturated rings. The number of hydrogen-bond acceptors (Lipinski definition) is 0. The minimum absolute atomic E-state index is 0.160. The van der Waals surface area contributed by atoms with Gasteiger partial charge in [-0.25, -0.2) is 4.39 Å². The monoisotopic (exact) mass is 168 g/mol. The third-order valence-corrected chi connectivity index (χ3v) is 1.32. The number of hydrogen-bond donors (Lipinski definition) is 0. The standard InChI is InChI=1S/C8H9F.C3H8/c1-2-7-3-5-8(9)6-4-7;1-3-2/h3-6H,2H2,1H3;3H2,1-2H3. The zero-order chi connectivity index (χ0) is 9.40. The van der Waals surface area contributed by atoms with Crippen molar-refractivity contribution in [1.29, 1.82) is 0 Å². The van der Waals surface area contributed by atoms with Gasteiger partial charge in [0.1, 0.15) is 5.82 Å². The maximum Gasteiger partial charge on any atom is 0.123 e. The highest BCUT2D eigenvalue weighted by Crippen LogP contribution is 2.01. The topological polar surface area (TPSA) is 0 Å². The van der Waals surface area contributed by atoms with Crippen LogP contribution in [0.15, 0.2) is 24.3 Å². The van der Waals surface area contributed by atoms with Crippen LogP contribution in [0.5, 0.6) is 0 Å². The Morgan fingerprint density at radius 3 is 1.75 bits per heavy atom. The zero-order valence-corrected chi connectivity index (χ0v) is 8.10. The molecule has 1 heteroatoms. The van der Waals surface area contributed by atoms with Crippen LogP contribution >= 0.6 is 0 Å². The van der Waals surface area contributed by atoms with E-state index in [1.807, 2.05) is 6.92 Å². The van der Waals surface area contributed by atoms with E-state index in [-0.39, 0.29) is 5.82 Å². The van der Waals surface area contributed by atoms with E-state index in [1.54, 1.807) is 12.1 Å². The highest BCUT2D eigenvalue weighted by atomic mass is 19.1. The molecule has 0 aromatic heterocycles. The van der Waals surface area contributed by atoms with Crippen LogP contribution in [0.1, 0.15) is 32.8 Å². The summed E-state index contributed by atoms with van der Waals surface area (Å²) in [6.07, 6.45) is 2.22. The van der Waals surface area contributed by atoms with Crippen molar-refractivity contribution in [3.05, 3.63) is 35.6 Å². The van der Waals surface area contributed by atoms with Gasteiger partial charge in [0.2, 0.25) is 0 Å². The minimum Gasteiger partial charge on any atom is -0.207 e. The Labute approximate surface area is 74.4 Å². The second kappa shape index (κ2) is 6.84. The largest absolute Gasteiger partial charge is 0.207 e. The molecule has 0 aliphatic rings. The molecule has 0 N–H and O–H groups in total. The lowest BCUT2D eigenvalue weighted by molar-refractivity contribution is 0.627. The molecule has 1 aromatic rings. The molecule has 0 spiro atoms. The molecule has 68 valence electrons. The third-order valence-electron chi connectivity index (χ3n) is 1.32. The average molecular weight is 168 g/mol. The lowest BCUT2D eigenvalue weighted by atomic mass is 10.2. The summed E-state index contributed by atoms with van der Waals surface area (Å²) < 4.78 is 12.2. The summed E-state index contributed by atoms with van der Waals surface area (Å²) in [5, 5.41) is 0. The van der Waals surface area contributed by atoms with E-state index in [9.17, 15) is 4.39 Å². The Balaban J connectivity index is 0.000000354. The van der Waals surface area contributed by atoms with E-state index in [0.29, 0.717) is 0 Å². The summed E-state index contributed by atoms with van der Waals surface area (Å²) in [5.41, 5.74) is 1.18. The first-order valence-electron chi connectivity index (χ1n) is 4.49. The smallest absolute Gasteiger partial charge is 0.123 e. The summed E-state index contributed by atoms with van der Waals surface area (Å²) in [6, 6.07) is 6.57. The molecule has 0 aliphatic heterocycles. The molecule has 0 atom stereocenters. The molecule has 1 rings (SSSR count). The van der Waals surface area contributed by atoms with Gasteiger partial charge in [-0.2, -0.15) is 0 Å². The average Bonchev–Trinajstić information content (AvgIpc) is 2.07. The van der Waals surface area contributed by atoms with Crippen molar-refractivity contribution < 1.29 is 4.39 Å². The van der Waals surface area contributed by atoms with Gasteiger partial charge < -0.3 is 0 Å². The molecule has 0 unspecified atom stereocenters. The third kappa shape index (κ3) is 4.89. The van der Waals surface area contributed by atoms with Gasteiger partial charge in [-0.15, -0.1) is 0 Å². The van der Waals surface area contributed by atoms with Crippen molar-refractivity contribution in [2.24, 2.45) is 0 Å². The van der Waals surface area contributed by atoms with E-state index in [4.69, 9.17) is 0 Å². The van der Waals surface area contributed by atoms with Gasteiger partial charge in [-0.3, -0.25) is 0 Å². The van der Waals surface area contributed by atoms with Crippen LogP contribution in [-0.4, -0.2) is 0 Å². The Morgan fingerprint density at radius 1 is 1.00 bits per heavy atom. The van der Waals surface area contributed by atoms with E-state index in [1.165, 1.54) is 24.1 Å².